The molecule has 0 radical (unpaired) electrons. The fourth-order valence-electron chi connectivity index (χ4n) is 3.27. The highest BCUT2D eigenvalue weighted by Gasteiger charge is 2.38. The molecule has 0 bridgehead atoms. The number of rotatable bonds is 2. The van der Waals surface area contributed by atoms with Crippen LogP contribution in [0.2, 0.25) is 0 Å². The Kier molecular flexibility index (Phi) is 4.08. The maximum absolute atomic E-state index is 13.1. The smallest absolute Gasteiger partial charge is 0.349 e. The van der Waals surface area contributed by atoms with E-state index in [-0.39, 0.29) is 5.56 Å². The molecule has 1 aliphatic rings. The molecule has 132 valence electrons. The molecule has 1 unspecified atom stereocenters. The van der Waals surface area contributed by atoms with E-state index in [1.165, 1.54) is 18.1 Å². The highest BCUT2D eigenvalue weighted by Crippen LogP contribution is 2.34. The number of para-hydroxylation sites is 1. The number of nitrogens with zero attached hydrogens (tertiary/aromatic N) is 1. The van der Waals surface area contributed by atoms with Crippen molar-refractivity contribution in [1.29, 1.82) is 0 Å². The van der Waals surface area contributed by atoms with Crippen molar-refractivity contribution >= 4 is 34.2 Å². The lowest BCUT2D eigenvalue weighted by molar-refractivity contribution is -0.146. The summed E-state index contributed by atoms with van der Waals surface area (Å²) in [4.78, 5) is 40.2. The largest absolute Gasteiger partial charge is 0.467 e. The van der Waals surface area contributed by atoms with E-state index in [1.807, 2.05) is 11.4 Å². The lowest BCUT2D eigenvalue weighted by Gasteiger charge is -2.33. The molecule has 1 aliphatic heterocycles. The zero-order valence-corrected chi connectivity index (χ0v) is 14.7. The number of hydrogen-bond donors (Lipinski definition) is 0. The van der Waals surface area contributed by atoms with Crippen LogP contribution in [0.4, 0.5) is 0 Å². The van der Waals surface area contributed by atoms with E-state index in [0.717, 1.165) is 10.4 Å². The third kappa shape index (κ3) is 2.61. The molecule has 0 aliphatic carbocycles. The van der Waals surface area contributed by atoms with Crippen molar-refractivity contribution in [2.45, 2.75) is 12.5 Å². The van der Waals surface area contributed by atoms with Gasteiger partial charge < -0.3 is 14.1 Å². The lowest BCUT2D eigenvalue weighted by Crippen LogP contribution is -2.44. The zero-order valence-electron chi connectivity index (χ0n) is 13.9. The molecular formula is C19H15NO5S. The number of esters is 1. The van der Waals surface area contributed by atoms with Crippen molar-refractivity contribution in [2.75, 3.05) is 13.7 Å². The lowest BCUT2D eigenvalue weighted by atomic mass is 9.99. The second kappa shape index (κ2) is 6.42. The van der Waals surface area contributed by atoms with Gasteiger partial charge in [-0.2, -0.15) is 0 Å². The number of carbonyl (C=O) groups is 2. The Morgan fingerprint density at radius 3 is 2.88 bits per heavy atom. The van der Waals surface area contributed by atoms with Gasteiger partial charge in [0, 0.05) is 16.8 Å². The summed E-state index contributed by atoms with van der Waals surface area (Å²) in [5.41, 5.74) is 0.369. The number of carbonyl (C=O) groups excluding carboxylic acids is 2. The van der Waals surface area contributed by atoms with Crippen molar-refractivity contribution in [1.82, 2.24) is 4.90 Å². The molecule has 0 fully saturated rings. The quantitative estimate of drug-likeness (QED) is 0.513. The Balaban J connectivity index is 1.79. The molecule has 3 aromatic rings. The fourth-order valence-corrected chi connectivity index (χ4v) is 4.17. The molecule has 0 saturated heterocycles. The second-order valence-electron chi connectivity index (χ2n) is 5.96. The van der Waals surface area contributed by atoms with Gasteiger partial charge in [0.05, 0.1) is 7.11 Å². The summed E-state index contributed by atoms with van der Waals surface area (Å²) in [6.45, 7) is 0.332. The van der Waals surface area contributed by atoms with Gasteiger partial charge in [-0.1, -0.05) is 18.2 Å². The molecule has 1 aromatic carbocycles. The predicted molar refractivity (Wildman–Crippen MR) is 96.3 cm³/mol. The van der Waals surface area contributed by atoms with Gasteiger partial charge in [-0.25, -0.2) is 9.59 Å². The number of fused-ring (bicyclic) bond motifs is 2. The molecule has 26 heavy (non-hydrogen) atoms. The van der Waals surface area contributed by atoms with Gasteiger partial charge in [-0.05, 0) is 35.6 Å². The minimum absolute atomic E-state index is 0.0868. The Hall–Kier alpha value is -2.93. The Labute approximate surface area is 152 Å². The predicted octanol–water partition coefficient (Wildman–Crippen LogP) is 2.77. The van der Waals surface area contributed by atoms with Gasteiger partial charge in [-0.3, -0.25) is 4.79 Å². The van der Waals surface area contributed by atoms with Crippen LogP contribution >= 0.6 is 11.3 Å². The number of benzene rings is 1. The van der Waals surface area contributed by atoms with Gasteiger partial charge in [0.25, 0.3) is 5.91 Å². The Bertz CT molecular complexity index is 1070. The first-order chi connectivity index (χ1) is 12.6. The SMILES string of the molecule is COC(=O)C1c2ccsc2CCN1C(=O)c1cc2ccccc2oc1=O. The van der Waals surface area contributed by atoms with E-state index in [2.05, 4.69) is 0 Å². The van der Waals surface area contributed by atoms with E-state index in [9.17, 15) is 14.4 Å². The summed E-state index contributed by atoms with van der Waals surface area (Å²) in [5.74, 6) is -1.06. The first kappa shape index (κ1) is 16.5. The van der Waals surface area contributed by atoms with Crippen LogP contribution in [0, 0.1) is 0 Å². The molecule has 1 amide bonds. The molecule has 2 aromatic heterocycles. The van der Waals surface area contributed by atoms with Crippen LogP contribution in [-0.4, -0.2) is 30.4 Å². The van der Waals surface area contributed by atoms with Crippen LogP contribution in [0.5, 0.6) is 0 Å². The summed E-state index contributed by atoms with van der Waals surface area (Å²) in [6, 6.07) is 9.47. The van der Waals surface area contributed by atoms with E-state index < -0.39 is 23.5 Å². The van der Waals surface area contributed by atoms with Crippen LogP contribution < -0.4 is 5.63 Å². The third-order valence-electron chi connectivity index (χ3n) is 4.52. The maximum Gasteiger partial charge on any atom is 0.349 e. The number of methoxy groups -OCH3 is 1. The minimum Gasteiger partial charge on any atom is -0.467 e. The molecule has 7 heteroatoms. The highest BCUT2D eigenvalue weighted by molar-refractivity contribution is 7.10. The molecule has 6 nitrogen and oxygen atoms in total. The standard InChI is InChI=1S/C19H15NO5S/c1-24-19(23)16-12-7-9-26-15(12)6-8-20(16)17(21)13-10-11-4-2-3-5-14(11)25-18(13)22/h2-5,7,9-10,16H,6,8H2,1H3. The fraction of sp³-hybridized carbons (Fsp3) is 0.211. The average Bonchev–Trinajstić information content (AvgIpc) is 3.14. The number of hydrogen-bond acceptors (Lipinski definition) is 6. The summed E-state index contributed by atoms with van der Waals surface area (Å²) >= 11 is 1.55. The van der Waals surface area contributed by atoms with Crippen molar-refractivity contribution in [3.05, 3.63) is 68.2 Å². The number of thiophene rings is 1. The van der Waals surface area contributed by atoms with Crippen molar-refractivity contribution < 1.29 is 18.7 Å². The minimum atomic E-state index is -0.853. The molecule has 0 saturated carbocycles. The van der Waals surface area contributed by atoms with Crippen LogP contribution in [0.25, 0.3) is 11.0 Å². The average molecular weight is 369 g/mol. The van der Waals surface area contributed by atoms with Crippen LogP contribution in [0.1, 0.15) is 26.8 Å². The van der Waals surface area contributed by atoms with E-state index >= 15 is 0 Å². The number of amides is 1. The van der Waals surface area contributed by atoms with E-state index in [1.54, 1.807) is 35.6 Å². The molecule has 3 heterocycles. The van der Waals surface area contributed by atoms with Crippen molar-refractivity contribution in [2.24, 2.45) is 0 Å². The van der Waals surface area contributed by atoms with Gasteiger partial charge in [0.15, 0.2) is 6.04 Å². The third-order valence-corrected chi connectivity index (χ3v) is 5.52. The van der Waals surface area contributed by atoms with Gasteiger partial charge in [0.1, 0.15) is 11.1 Å². The van der Waals surface area contributed by atoms with Crippen LogP contribution in [0.3, 0.4) is 0 Å². The number of ether oxygens (including phenoxy) is 1. The molecule has 0 N–H and O–H groups in total. The topological polar surface area (TPSA) is 76.8 Å². The van der Waals surface area contributed by atoms with Crippen molar-refractivity contribution in [3.8, 4) is 0 Å². The first-order valence-electron chi connectivity index (χ1n) is 8.08. The Morgan fingerprint density at radius 1 is 1.27 bits per heavy atom. The van der Waals surface area contributed by atoms with Gasteiger partial charge in [0.2, 0.25) is 0 Å². The van der Waals surface area contributed by atoms with Crippen LogP contribution in [-0.2, 0) is 16.0 Å². The summed E-state index contributed by atoms with van der Waals surface area (Å²) in [5, 5.41) is 2.54. The highest BCUT2D eigenvalue weighted by atomic mass is 32.1. The van der Waals surface area contributed by atoms with Crippen molar-refractivity contribution in [3.63, 3.8) is 0 Å². The van der Waals surface area contributed by atoms with Crippen LogP contribution in [0.15, 0.2) is 51.0 Å². The summed E-state index contributed by atoms with van der Waals surface area (Å²) in [7, 11) is 1.29. The molecule has 4 rings (SSSR count). The van der Waals surface area contributed by atoms with Gasteiger partial charge >= 0.3 is 11.6 Å². The normalized spacial score (nSPS) is 16.3. The van der Waals surface area contributed by atoms with Gasteiger partial charge in [-0.15, -0.1) is 11.3 Å². The summed E-state index contributed by atoms with van der Waals surface area (Å²) < 4.78 is 10.2. The first-order valence-corrected chi connectivity index (χ1v) is 8.96. The second-order valence-corrected chi connectivity index (χ2v) is 6.96. The zero-order chi connectivity index (χ0) is 18.3. The van der Waals surface area contributed by atoms with E-state index in [4.69, 9.17) is 9.15 Å². The molecule has 0 spiro atoms. The molecule has 1 atom stereocenters. The summed E-state index contributed by atoms with van der Waals surface area (Å²) in [6.07, 6.45) is 0.630. The maximum atomic E-state index is 13.1. The Morgan fingerprint density at radius 2 is 2.08 bits per heavy atom. The van der Waals surface area contributed by atoms with E-state index in [0.29, 0.717) is 23.9 Å². The molecular weight excluding hydrogens is 354 g/mol. The monoisotopic (exact) mass is 369 g/mol.